The van der Waals surface area contributed by atoms with Crippen LogP contribution < -0.4 is 10.3 Å². The third-order valence-electron chi connectivity index (χ3n) is 1.79. The Kier molecular flexibility index (Phi) is 3.41. The summed E-state index contributed by atoms with van der Waals surface area (Å²) in [5.74, 6) is 0. The van der Waals surface area contributed by atoms with Gasteiger partial charge in [0.2, 0.25) is 11.3 Å². The van der Waals surface area contributed by atoms with Crippen molar-refractivity contribution in [1.82, 2.24) is 4.83 Å². The van der Waals surface area contributed by atoms with E-state index in [2.05, 4.69) is 10.3 Å². The molecule has 0 aliphatic rings. The first-order chi connectivity index (χ1) is 6.09. The number of nitrogens with one attached hydrogen (secondary N) is 2. The molecule has 0 heterocycles. The molecular weight excluding hydrogens is 188 g/mol. The maximum atomic E-state index is 10.3. The SMILES string of the molecule is Cc1ccc(NNS(=O)O)cc1C. The van der Waals surface area contributed by atoms with Gasteiger partial charge in [-0.15, -0.1) is 4.83 Å². The van der Waals surface area contributed by atoms with E-state index in [9.17, 15) is 4.21 Å². The molecule has 1 unspecified atom stereocenters. The average molecular weight is 200 g/mol. The second-order valence-corrected chi connectivity index (χ2v) is 3.48. The Morgan fingerprint density at radius 1 is 1.31 bits per heavy atom. The van der Waals surface area contributed by atoms with Crippen molar-refractivity contribution in [2.24, 2.45) is 0 Å². The number of hydrogen-bond acceptors (Lipinski definition) is 2. The molecule has 5 heteroatoms. The van der Waals surface area contributed by atoms with Crippen LogP contribution in [0.25, 0.3) is 0 Å². The normalized spacial score (nSPS) is 12.5. The van der Waals surface area contributed by atoms with Crippen molar-refractivity contribution in [2.75, 3.05) is 5.43 Å². The lowest BCUT2D eigenvalue weighted by Gasteiger charge is -2.06. The predicted octanol–water partition coefficient (Wildman–Crippen LogP) is 1.36. The summed E-state index contributed by atoms with van der Waals surface area (Å²) in [6, 6.07) is 5.68. The van der Waals surface area contributed by atoms with E-state index in [1.165, 1.54) is 5.56 Å². The van der Waals surface area contributed by atoms with Crippen LogP contribution >= 0.6 is 0 Å². The highest BCUT2D eigenvalue weighted by atomic mass is 32.2. The molecule has 72 valence electrons. The van der Waals surface area contributed by atoms with Crippen LogP contribution in [0.1, 0.15) is 11.1 Å². The summed E-state index contributed by atoms with van der Waals surface area (Å²) < 4.78 is 18.7. The van der Waals surface area contributed by atoms with Gasteiger partial charge in [0.1, 0.15) is 0 Å². The van der Waals surface area contributed by atoms with Gasteiger partial charge >= 0.3 is 0 Å². The average Bonchev–Trinajstić information content (AvgIpc) is 2.07. The van der Waals surface area contributed by atoms with Crippen LogP contribution in [0.3, 0.4) is 0 Å². The summed E-state index contributed by atoms with van der Waals surface area (Å²) >= 11 is -2.04. The van der Waals surface area contributed by atoms with Gasteiger partial charge in [-0.2, -0.15) is 0 Å². The van der Waals surface area contributed by atoms with Gasteiger partial charge < -0.3 is 5.43 Å². The highest BCUT2D eigenvalue weighted by molar-refractivity contribution is 7.77. The fourth-order valence-electron chi connectivity index (χ4n) is 0.922. The van der Waals surface area contributed by atoms with Crippen LogP contribution in [0, 0.1) is 13.8 Å². The summed E-state index contributed by atoms with van der Waals surface area (Å²) in [5.41, 5.74) is 5.71. The van der Waals surface area contributed by atoms with Crippen molar-refractivity contribution in [3.05, 3.63) is 29.3 Å². The molecule has 0 saturated heterocycles. The van der Waals surface area contributed by atoms with Gasteiger partial charge in [0.05, 0.1) is 5.69 Å². The third-order valence-corrected chi connectivity index (χ3v) is 2.07. The number of hydrazine groups is 1. The molecule has 1 rings (SSSR count). The van der Waals surface area contributed by atoms with E-state index in [1.807, 2.05) is 32.0 Å². The molecule has 3 N–H and O–H groups in total. The zero-order chi connectivity index (χ0) is 9.84. The summed E-state index contributed by atoms with van der Waals surface area (Å²) in [6.45, 7) is 3.99. The molecular formula is C8H12N2O2S. The van der Waals surface area contributed by atoms with Gasteiger partial charge in [-0.25, -0.2) is 4.21 Å². The van der Waals surface area contributed by atoms with E-state index in [4.69, 9.17) is 4.55 Å². The Hall–Kier alpha value is -0.910. The zero-order valence-electron chi connectivity index (χ0n) is 7.50. The number of rotatable bonds is 3. The molecule has 0 radical (unpaired) electrons. The number of anilines is 1. The van der Waals surface area contributed by atoms with Gasteiger partial charge in [0.25, 0.3) is 0 Å². The second kappa shape index (κ2) is 4.36. The summed E-state index contributed by atoms with van der Waals surface area (Å²) in [4.78, 5) is 2.19. The summed E-state index contributed by atoms with van der Waals surface area (Å²) in [7, 11) is 0. The van der Waals surface area contributed by atoms with Gasteiger partial charge in [-0.3, -0.25) is 4.55 Å². The first-order valence-electron chi connectivity index (χ1n) is 3.79. The first-order valence-corrected chi connectivity index (χ1v) is 4.90. The van der Waals surface area contributed by atoms with Crippen LogP contribution in [-0.4, -0.2) is 8.76 Å². The lowest BCUT2D eigenvalue weighted by Crippen LogP contribution is -2.23. The molecule has 1 atom stereocenters. The number of hydrogen-bond donors (Lipinski definition) is 3. The van der Waals surface area contributed by atoms with Crippen LogP contribution in [0.2, 0.25) is 0 Å². The van der Waals surface area contributed by atoms with Crippen molar-refractivity contribution in [1.29, 1.82) is 0 Å². The maximum absolute atomic E-state index is 10.3. The summed E-state index contributed by atoms with van der Waals surface area (Å²) in [6.07, 6.45) is 0. The molecule has 0 fully saturated rings. The van der Waals surface area contributed by atoms with Crippen LogP contribution in [-0.2, 0) is 11.3 Å². The van der Waals surface area contributed by atoms with Crippen molar-refractivity contribution < 1.29 is 8.76 Å². The zero-order valence-corrected chi connectivity index (χ0v) is 8.31. The molecule has 1 aromatic rings. The Labute approximate surface area is 79.7 Å². The first kappa shape index (κ1) is 10.2. The van der Waals surface area contributed by atoms with Crippen LogP contribution in [0.15, 0.2) is 18.2 Å². The van der Waals surface area contributed by atoms with Gasteiger partial charge in [0.15, 0.2) is 0 Å². The molecule has 13 heavy (non-hydrogen) atoms. The summed E-state index contributed by atoms with van der Waals surface area (Å²) in [5, 5.41) is 0. The monoisotopic (exact) mass is 200 g/mol. The smallest absolute Gasteiger partial charge is 0.250 e. The maximum Gasteiger partial charge on any atom is 0.250 e. The molecule has 0 aliphatic carbocycles. The molecule has 0 amide bonds. The fraction of sp³-hybridized carbons (Fsp3) is 0.250. The number of benzene rings is 1. The Bertz CT molecular complexity index is 328. The standard InChI is InChI=1S/C8H12N2O2S/c1-6-3-4-8(5-7(6)2)9-10-13(11)12/h3-5,9-10H,1-2H3,(H,11,12). The van der Waals surface area contributed by atoms with Crippen LogP contribution in [0.5, 0.6) is 0 Å². The molecule has 0 aromatic heterocycles. The van der Waals surface area contributed by atoms with E-state index in [0.717, 1.165) is 11.3 Å². The Morgan fingerprint density at radius 3 is 2.54 bits per heavy atom. The largest absolute Gasteiger partial charge is 0.308 e. The topological polar surface area (TPSA) is 61.4 Å². The highest BCUT2D eigenvalue weighted by Crippen LogP contribution is 2.12. The van der Waals surface area contributed by atoms with Gasteiger partial charge in [-0.1, -0.05) is 6.07 Å². The third kappa shape index (κ3) is 3.14. The Morgan fingerprint density at radius 2 is 2.00 bits per heavy atom. The van der Waals surface area contributed by atoms with Crippen LogP contribution in [0.4, 0.5) is 5.69 Å². The quantitative estimate of drug-likeness (QED) is 0.510. The molecule has 0 spiro atoms. The molecule has 0 bridgehead atoms. The fourth-order valence-corrected chi connectivity index (χ4v) is 1.13. The molecule has 4 nitrogen and oxygen atoms in total. The minimum absolute atomic E-state index is 0.769. The van der Waals surface area contributed by atoms with Crippen molar-refractivity contribution in [3.63, 3.8) is 0 Å². The second-order valence-electron chi connectivity index (χ2n) is 2.78. The minimum atomic E-state index is -2.04. The van der Waals surface area contributed by atoms with E-state index in [-0.39, 0.29) is 0 Å². The predicted molar refractivity (Wildman–Crippen MR) is 53.4 cm³/mol. The van der Waals surface area contributed by atoms with E-state index in [1.54, 1.807) is 0 Å². The molecule has 1 aromatic carbocycles. The van der Waals surface area contributed by atoms with Gasteiger partial charge in [0, 0.05) is 0 Å². The molecule has 0 saturated carbocycles. The van der Waals surface area contributed by atoms with E-state index in [0.29, 0.717) is 0 Å². The molecule has 0 aliphatic heterocycles. The van der Waals surface area contributed by atoms with Crippen molar-refractivity contribution in [3.8, 4) is 0 Å². The lowest BCUT2D eigenvalue weighted by atomic mass is 10.1. The van der Waals surface area contributed by atoms with Crippen molar-refractivity contribution >= 4 is 17.0 Å². The van der Waals surface area contributed by atoms with Gasteiger partial charge in [-0.05, 0) is 37.1 Å². The number of aryl methyl sites for hydroxylation is 2. The highest BCUT2D eigenvalue weighted by Gasteiger charge is 1.96. The Balaban J connectivity index is 2.68. The lowest BCUT2D eigenvalue weighted by molar-refractivity contribution is 0.555. The van der Waals surface area contributed by atoms with E-state index < -0.39 is 11.3 Å². The minimum Gasteiger partial charge on any atom is -0.308 e. The van der Waals surface area contributed by atoms with Crippen molar-refractivity contribution in [2.45, 2.75) is 13.8 Å². The van der Waals surface area contributed by atoms with E-state index >= 15 is 0 Å².